The average Bonchev–Trinajstić information content (AvgIpc) is 2.88. The number of carboxylic acid groups (broad SMARTS) is 1. The maximum Gasteiger partial charge on any atom is 0.327 e. The van der Waals surface area contributed by atoms with Crippen molar-refractivity contribution < 1.29 is 9.90 Å². The molecule has 1 N–H and O–H groups in total. The van der Waals surface area contributed by atoms with Crippen molar-refractivity contribution in [1.29, 1.82) is 0 Å². The zero-order valence-corrected chi connectivity index (χ0v) is 13.6. The molecule has 0 aliphatic rings. The SMILES string of the molecule is Cn1c(-c2cccnc2)c(CCC/C=C/C(=O)O)c2ccccc21. The van der Waals surface area contributed by atoms with E-state index in [1.165, 1.54) is 28.2 Å². The molecule has 0 bridgehead atoms. The average molecular weight is 320 g/mol. The Bertz CT molecular complexity index is 879. The van der Waals surface area contributed by atoms with Crippen LogP contribution in [-0.4, -0.2) is 20.6 Å². The van der Waals surface area contributed by atoms with E-state index in [1.807, 2.05) is 12.3 Å². The minimum Gasteiger partial charge on any atom is -0.478 e. The van der Waals surface area contributed by atoms with E-state index in [9.17, 15) is 4.79 Å². The molecular weight excluding hydrogens is 300 g/mol. The van der Waals surface area contributed by atoms with Gasteiger partial charge >= 0.3 is 5.97 Å². The number of carbonyl (C=O) groups is 1. The van der Waals surface area contributed by atoms with Gasteiger partial charge in [-0.05, 0) is 43.0 Å². The highest BCUT2D eigenvalue weighted by molar-refractivity contribution is 5.91. The van der Waals surface area contributed by atoms with Crippen LogP contribution >= 0.6 is 0 Å². The summed E-state index contributed by atoms with van der Waals surface area (Å²) in [5.41, 5.74) is 4.79. The van der Waals surface area contributed by atoms with Gasteiger partial charge in [-0.1, -0.05) is 24.3 Å². The third kappa shape index (κ3) is 3.23. The summed E-state index contributed by atoms with van der Waals surface area (Å²) in [6, 6.07) is 12.4. The van der Waals surface area contributed by atoms with Crippen molar-refractivity contribution in [3.8, 4) is 11.3 Å². The molecule has 4 heteroatoms. The van der Waals surface area contributed by atoms with Gasteiger partial charge in [0.1, 0.15) is 0 Å². The monoisotopic (exact) mass is 320 g/mol. The van der Waals surface area contributed by atoms with E-state index in [1.54, 1.807) is 12.3 Å². The van der Waals surface area contributed by atoms with Crippen LogP contribution in [0.15, 0.2) is 60.9 Å². The van der Waals surface area contributed by atoms with E-state index < -0.39 is 5.97 Å². The minimum atomic E-state index is -0.892. The Morgan fingerprint density at radius 1 is 1.25 bits per heavy atom. The summed E-state index contributed by atoms with van der Waals surface area (Å²) in [7, 11) is 2.08. The van der Waals surface area contributed by atoms with Crippen LogP contribution in [0.2, 0.25) is 0 Å². The molecule has 0 unspecified atom stereocenters. The Morgan fingerprint density at radius 3 is 2.83 bits per heavy atom. The first kappa shape index (κ1) is 16.0. The summed E-state index contributed by atoms with van der Waals surface area (Å²) in [5.74, 6) is -0.892. The van der Waals surface area contributed by atoms with Gasteiger partial charge in [0.15, 0.2) is 0 Å². The molecule has 0 spiro atoms. The molecule has 0 aliphatic heterocycles. The molecule has 3 rings (SSSR count). The number of pyridine rings is 1. The maximum absolute atomic E-state index is 10.6. The number of aromatic nitrogens is 2. The summed E-state index contributed by atoms with van der Waals surface area (Å²) in [6.45, 7) is 0. The van der Waals surface area contributed by atoms with E-state index in [2.05, 4.69) is 46.9 Å². The zero-order valence-electron chi connectivity index (χ0n) is 13.6. The van der Waals surface area contributed by atoms with Crippen LogP contribution in [-0.2, 0) is 18.3 Å². The van der Waals surface area contributed by atoms with E-state index in [0.717, 1.165) is 24.8 Å². The van der Waals surface area contributed by atoms with Crippen molar-refractivity contribution in [3.05, 3.63) is 66.5 Å². The lowest BCUT2D eigenvalue weighted by molar-refractivity contribution is -0.131. The van der Waals surface area contributed by atoms with Gasteiger partial charge in [-0.25, -0.2) is 4.79 Å². The van der Waals surface area contributed by atoms with E-state index in [0.29, 0.717) is 0 Å². The Kier molecular flexibility index (Phi) is 4.75. The fourth-order valence-corrected chi connectivity index (χ4v) is 3.18. The number of allylic oxidation sites excluding steroid dienone is 1. The molecule has 0 aliphatic carbocycles. The second kappa shape index (κ2) is 7.13. The Labute approximate surface area is 141 Å². The van der Waals surface area contributed by atoms with Crippen molar-refractivity contribution in [2.45, 2.75) is 19.3 Å². The van der Waals surface area contributed by atoms with Crippen molar-refractivity contribution in [1.82, 2.24) is 9.55 Å². The molecule has 2 aromatic heterocycles. The van der Waals surface area contributed by atoms with Gasteiger partial charge in [-0.15, -0.1) is 0 Å². The number of para-hydroxylation sites is 1. The van der Waals surface area contributed by atoms with E-state index in [-0.39, 0.29) is 0 Å². The Hall–Kier alpha value is -2.88. The van der Waals surface area contributed by atoms with Crippen molar-refractivity contribution in [3.63, 3.8) is 0 Å². The van der Waals surface area contributed by atoms with Gasteiger partial charge in [0.25, 0.3) is 0 Å². The van der Waals surface area contributed by atoms with Crippen LogP contribution in [0.3, 0.4) is 0 Å². The fourth-order valence-electron chi connectivity index (χ4n) is 3.18. The fraction of sp³-hybridized carbons (Fsp3) is 0.200. The summed E-state index contributed by atoms with van der Waals surface area (Å²) in [6.07, 6.45) is 9.16. The molecular formula is C20H20N2O2. The smallest absolute Gasteiger partial charge is 0.327 e. The molecule has 0 amide bonds. The molecule has 3 aromatic rings. The molecule has 2 heterocycles. The van der Waals surface area contributed by atoms with Gasteiger partial charge in [-0.2, -0.15) is 0 Å². The highest BCUT2D eigenvalue weighted by Gasteiger charge is 2.15. The first-order valence-corrected chi connectivity index (χ1v) is 8.04. The molecule has 0 saturated heterocycles. The number of hydrogen-bond acceptors (Lipinski definition) is 2. The number of fused-ring (bicyclic) bond motifs is 1. The van der Waals surface area contributed by atoms with Gasteiger partial charge in [0.05, 0.1) is 5.69 Å². The Morgan fingerprint density at radius 2 is 2.08 bits per heavy atom. The largest absolute Gasteiger partial charge is 0.478 e. The van der Waals surface area contributed by atoms with Crippen LogP contribution in [0.25, 0.3) is 22.2 Å². The van der Waals surface area contributed by atoms with Crippen molar-refractivity contribution in [2.75, 3.05) is 0 Å². The first-order valence-electron chi connectivity index (χ1n) is 8.04. The molecule has 122 valence electrons. The number of nitrogens with zero attached hydrogens (tertiary/aromatic N) is 2. The predicted octanol–water partition coefficient (Wildman–Crippen LogP) is 4.20. The first-order chi connectivity index (χ1) is 11.7. The molecule has 0 saturated carbocycles. The number of unbranched alkanes of at least 4 members (excludes halogenated alkanes) is 1. The minimum absolute atomic E-state index is 0.752. The molecule has 1 aromatic carbocycles. The van der Waals surface area contributed by atoms with E-state index >= 15 is 0 Å². The lowest BCUT2D eigenvalue weighted by Crippen LogP contribution is -1.95. The highest BCUT2D eigenvalue weighted by Crippen LogP contribution is 2.33. The van der Waals surface area contributed by atoms with Crippen LogP contribution in [0.4, 0.5) is 0 Å². The number of benzene rings is 1. The summed E-state index contributed by atoms with van der Waals surface area (Å²) < 4.78 is 2.22. The lowest BCUT2D eigenvalue weighted by Gasteiger charge is -2.07. The maximum atomic E-state index is 10.6. The number of carboxylic acids is 1. The number of aliphatic carboxylic acids is 1. The van der Waals surface area contributed by atoms with Crippen molar-refractivity contribution in [2.24, 2.45) is 7.05 Å². The summed E-state index contributed by atoms with van der Waals surface area (Å²) in [5, 5.41) is 9.92. The predicted molar refractivity (Wildman–Crippen MR) is 95.9 cm³/mol. The van der Waals surface area contributed by atoms with E-state index in [4.69, 9.17) is 5.11 Å². The van der Waals surface area contributed by atoms with Crippen molar-refractivity contribution >= 4 is 16.9 Å². The van der Waals surface area contributed by atoms with Gasteiger partial charge in [0, 0.05) is 42.0 Å². The second-order valence-electron chi connectivity index (χ2n) is 5.78. The normalized spacial score (nSPS) is 11.4. The van der Waals surface area contributed by atoms with Crippen LogP contribution in [0.1, 0.15) is 18.4 Å². The van der Waals surface area contributed by atoms with Gasteiger partial charge in [0.2, 0.25) is 0 Å². The number of aryl methyl sites for hydroxylation is 2. The highest BCUT2D eigenvalue weighted by atomic mass is 16.4. The van der Waals surface area contributed by atoms with Crippen LogP contribution < -0.4 is 0 Å². The molecule has 0 radical (unpaired) electrons. The zero-order chi connectivity index (χ0) is 16.9. The van der Waals surface area contributed by atoms with Crippen LogP contribution in [0, 0.1) is 0 Å². The lowest BCUT2D eigenvalue weighted by atomic mass is 10.0. The topological polar surface area (TPSA) is 55.1 Å². The quantitative estimate of drug-likeness (QED) is 0.547. The molecule has 4 nitrogen and oxygen atoms in total. The molecule has 0 atom stereocenters. The van der Waals surface area contributed by atoms with Gasteiger partial charge in [-0.3, -0.25) is 4.98 Å². The second-order valence-corrected chi connectivity index (χ2v) is 5.78. The summed E-state index contributed by atoms with van der Waals surface area (Å²) in [4.78, 5) is 14.8. The standard InChI is InChI=1S/C20H20N2O2/c1-22-18-11-6-5-9-16(18)17(10-3-2-4-12-19(23)24)20(22)15-8-7-13-21-14-15/h4-9,11-14H,2-3,10H2,1H3,(H,23,24)/b12-4+. The number of hydrogen-bond donors (Lipinski definition) is 1. The Balaban J connectivity index is 1.97. The molecule has 24 heavy (non-hydrogen) atoms. The summed E-state index contributed by atoms with van der Waals surface area (Å²) >= 11 is 0. The molecule has 0 fully saturated rings. The van der Waals surface area contributed by atoms with Gasteiger partial charge < -0.3 is 9.67 Å². The van der Waals surface area contributed by atoms with Crippen LogP contribution in [0.5, 0.6) is 0 Å². The third-order valence-corrected chi connectivity index (χ3v) is 4.20. The number of rotatable bonds is 6. The third-order valence-electron chi connectivity index (χ3n) is 4.20.